The molecule has 6 nitrogen and oxygen atoms in total. The number of aromatic nitrogens is 3. The molecule has 1 aliphatic carbocycles. The Kier molecular flexibility index (Phi) is 6.19. The highest BCUT2D eigenvalue weighted by molar-refractivity contribution is 7.16. The number of carbonyl (C=O) groups excluding carboxylic acids is 1. The standard InChI is InChI=1S/C24H16Cl2F3N5OS/c1-11-2-4-13-14(10-30)23(36-19(13)6-11)32-22(35)18-9-21-31-17(12-3-5-15(25)16(26)7-12)8-20(24(27,28)29)34(21)33-18/h3,5,7-9,11H,2,4,6H2,1H3,(H,32,35). The summed E-state index contributed by atoms with van der Waals surface area (Å²) in [5.74, 6) is -0.255. The molecule has 3 aromatic heterocycles. The first kappa shape index (κ1) is 24.6. The Hall–Kier alpha value is -3.13. The number of thiophene rings is 1. The quantitative estimate of drug-likeness (QED) is 0.297. The number of carbonyl (C=O) groups is 1. The first-order chi connectivity index (χ1) is 17.0. The summed E-state index contributed by atoms with van der Waals surface area (Å²) in [5, 5.41) is 17.0. The van der Waals surface area contributed by atoms with Gasteiger partial charge in [-0.3, -0.25) is 4.79 Å². The molecule has 1 atom stereocenters. The minimum atomic E-state index is -4.77. The van der Waals surface area contributed by atoms with Gasteiger partial charge in [-0.2, -0.15) is 23.5 Å². The van der Waals surface area contributed by atoms with Gasteiger partial charge in [0, 0.05) is 16.5 Å². The van der Waals surface area contributed by atoms with Crippen LogP contribution in [0.5, 0.6) is 0 Å². The Balaban J connectivity index is 1.55. The van der Waals surface area contributed by atoms with Gasteiger partial charge in [-0.05, 0) is 48.9 Å². The summed E-state index contributed by atoms with van der Waals surface area (Å²) in [5.41, 5.74) is 0.103. The first-order valence-corrected chi connectivity index (χ1v) is 12.4. The Morgan fingerprint density at radius 2 is 2.03 bits per heavy atom. The van der Waals surface area contributed by atoms with Crippen LogP contribution in [0.25, 0.3) is 16.9 Å². The molecule has 1 unspecified atom stereocenters. The van der Waals surface area contributed by atoms with E-state index in [-0.39, 0.29) is 27.1 Å². The largest absolute Gasteiger partial charge is 0.433 e. The number of rotatable bonds is 3. The fourth-order valence-corrected chi connectivity index (χ4v) is 5.87. The van der Waals surface area contributed by atoms with E-state index in [0.29, 0.717) is 26.6 Å². The number of nitrogens with one attached hydrogen (secondary N) is 1. The van der Waals surface area contributed by atoms with Gasteiger partial charge >= 0.3 is 6.18 Å². The van der Waals surface area contributed by atoms with Crippen LogP contribution in [0, 0.1) is 17.2 Å². The van der Waals surface area contributed by atoms with E-state index in [1.165, 1.54) is 35.6 Å². The molecule has 0 fully saturated rings. The third-order valence-corrected chi connectivity index (χ3v) is 7.92. The fraction of sp³-hybridized carbons (Fsp3) is 0.250. The van der Waals surface area contributed by atoms with Gasteiger partial charge in [0.05, 0.1) is 21.3 Å². The molecule has 1 amide bonds. The molecule has 12 heteroatoms. The highest BCUT2D eigenvalue weighted by Gasteiger charge is 2.36. The van der Waals surface area contributed by atoms with E-state index in [2.05, 4.69) is 28.4 Å². The summed E-state index contributed by atoms with van der Waals surface area (Å²) in [4.78, 5) is 18.3. The Labute approximate surface area is 217 Å². The average Bonchev–Trinajstić information content (AvgIpc) is 3.39. The van der Waals surface area contributed by atoms with Crippen LogP contribution in [-0.4, -0.2) is 20.5 Å². The fourth-order valence-electron chi connectivity index (χ4n) is 4.21. The average molecular weight is 550 g/mol. The summed E-state index contributed by atoms with van der Waals surface area (Å²) in [6, 6.07) is 8.54. The van der Waals surface area contributed by atoms with Crippen LogP contribution in [0.2, 0.25) is 10.0 Å². The highest BCUT2D eigenvalue weighted by atomic mass is 35.5. The first-order valence-electron chi connectivity index (χ1n) is 10.8. The molecule has 0 saturated carbocycles. The van der Waals surface area contributed by atoms with Crippen molar-refractivity contribution >= 4 is 51.1 Å². The molecule has 184 valence electrons. The van der Waals surface area contributed by atoms with Gasteiger partial charge in [-0.15, -0.1) is 11.3 Å². The number of amides is 1. The SMILES string of the molecule is CC1CCc2c(sc(NC(=O)c3cc4nc(-c5ccc(Cl)c(Cl)c5)cc(C(F)(F)F)n4n3)c2C#N)C1. The van der Waals surface area contributed by atoms with E-state index < -0.39 is 17.8 Å². The van der Waals surface area contributed by atoms with Gasteiger partial charge in [0.1, 0.15) is 11.1 Å². The molecule has 0 aliphatic heterocycles. The second kappa shape index (κ2) is 9.07. The molecule has 3 heterocycles. The zero-order valence-electron chi connectivity index (χ0n) is 18.6. The van der Waals surface area contributed by atoms with E-state index in [4.69, 9.17) is 23.2 Å². The number of hydrogen-bond donors (Lipinski definition) is 1. The number of halogens is 5. The van der Waals surface area contributed by atoms with Gasteiger partial charge in [-0.1, -0.05) is 36.2 Å². The van der Waals surface area contributed by atoms with Crippen LogP contribution in [0.15, 0.2) is 30.3 Å². The van der Waals surface area contributed by atoms with E-state index in [9.17, 15) is 23.2 Å². The normalized spacial score (nSPS) is 15.5. The molecule has 1 N–H and O–H groups in total. The van der Waals surface area contributed by atoms with Gasteiger partial charge in [0.25, 0.3) is 5.91 Å². The summed E-state index contributed by atoms with van der Waals surface area (Å²) < 4.78 is 42.3. The van der Waals surface area contributed by atoms with Crippen molar-refractivity contribution in [1.82, 2.24) is 14.6 Å². The lowest BCUT2D eigenvalue weighted by Gasteiger charge is -2.17. The van der Waals surface area contributed by atoms with E-state index >= 15 is 0 Å². The lowest BCUT2D eigenvalue weighted by molar-refractivity contribution is -0.142. The molecule has 5 rings (SSSR count). The van der Waals surface area contributed by atoms with Gasteiger partial charge < -0.3 is 5.32 Å². The zero-order chi connectivity index (χ0) is 25.8. The minimum absolute atomic E-state index is 0.00734. The summed E-state index contributed by atoms with van der Waals surface area (Å²) in [7, 11) is 0. The topological polar surface area (TPSA) is 83.1 Å². The smallest absolute Gasteiger partial charge is 0.311 e. The number of alkyl halides is 3. The lowest BCUT2D eigenvalue weighted by Crippen LogP contribution is -2.15. The lowest BCUT2D eigenvalue weighted by atomic mass is 9.89. The van der Waals surface area contributed by atoms with Crippen LogP contribution >= 0.6 is 34.5 Å². The van der Waals surface area contributed by atoms with Crippen LogP contribution in [0.4, 0.5) is 18.2 Å². The Morgan fingerprint density at radius 3 is 2.72 bits per heavy atom. The highest BCUT2D eigenvalue weighted by Crippen LogP contribution is 2.39. The van der Waals surface area contributed by atoms with Crippen molar-refractivity contribution < 1.29 is 18.0 Å². The Morgan fingerprint density at radius 1 is 1.25 bits per heavy atom. The maximum absolute atomic E-state index is 13.9. The summed E-state index contributed by atoms with van der Waals surface area (Å²) in [6.07, 6.45) is -2.26. The van der Waals surface area contributed by atoms with Gasteiger partial charge in [-0.25, -0.2) is 9.50 Å². The summed E-state index contributed by atoms with van der Waals surface area (Å²) in [6.45, 7) is 2.13. The number of anilines is 1. The van der Waals surface area contributed by atoms with Crippen molar-refractivity contribution in [1.29, 1.82) is 5.26 Å². The van der Waals surface area contributed by atoms with Crippen LogP contribution < -0.4 is 5.32 Å². The van der Waals surface area contributed by atoms with E-state index in [1.54, 1.807) is 0 Å². The molecular weight excluding hydrogens is 534 g/mol. The predicted molar refractivity (Wildman–Crippen MR) is 132 cm³/mol. The number of nitrogens with zero attached hydrogens (tertiary/aromatic N) is 4. The molecule has 0 bridgehead atoms. The minimum Gasteiger partial charge on any atom is -0.311 e. The molecule has 36 heavy (non-hydrogen) atoms. The molecule has 4 aromatic rings. The zero-order valence-corrected chi connectivity index (χ0v) is 20.9. The van der Waals surface area contributed by atoms with Gasteiger partial charge in [0.15, 0.2) is 17.0 Å². The van der Waals surface area contributed by atoms with Crippen molar-refractivity contribution in [3.63, 3.8) is 0 Å². The summed E-state index contributed by atoms with van der Waals surface area (Å²) >= 11 is 13.3. The maximum Gasteiger partial charge on any atom is 0.433 e. The van der Waals surface area contributed by atoms with Gasteiger partial charge in [0.2, 0.25) is 0 Å². The number of benzene rings is 1. The van der Waals surface area contributed by atoms with Crippen LogP contribution in [0.3, 0.4) is 0 Å². The number of hydrogen-bond acceptors (Lipinski definition) is 5. The number of fused-ring (bicyclic) bond motifs is 2. The molecule has 0 saturated heterocycles. The molecular formula is C24H16Cl2F3N5OS. The second-order valence-electron chi connectivity index (χ2n) is 8.57. The van der Waals surface area contributed by atoms with E-state index in [0.717, 1.165) is 35.8 Å². The molecule has 0 spiro atoms. The Bertz CT molecular complexity index is 1570. The maximum atomic E-state index is 13.9. The van der Waals surface area contributed by atoms with Crippen molar-refractivity contribution in [2.75, 3.05) is 5.32 Å². The van der Waals surface area contributed by atoms with Crippen LogP contribution in [0.1, 0.15) is 45.5 Å². The third-order valence-electron chi connectivity index (χ3n) is 6.02. The molecule has 1 aliphatic rings. The monoisotopic (exact) mass is 549 g/mol. The van der Waals surface area contributed by atoms with Crippen molar-refractivity contribution in [3.05, 3.63) is 67.8 Å². The number of nitriles is 1. The molecule has 0 radical (unpaired) electrons. The van der Waals surface area contributed by atoms with Crippen molar-refractivity contribution in [2.24, 2.45) is 5.92 Å². The predicted octanol–water partition coefficient (Wildman–Crippen LogP) is 7.03. The van der Waals surface area contributed by atoms with Crippen molar-refractivity contribution in [3.8, 4) is 17.3 Å². The second-order valence-corrected chi connectivity index (χ2v) is 10.5. The van der Waals surface area contributed by atoms with Crippen LogP contribution in [-0.2, 0) is 19.0 Å². The van der Waals surface area contributed by atoms with Crippen molar-refractivity contribution in [2.45, 2.75) is 32.4 Å². The third kappa shape index (κ3) is 4.43. The van der Waals surface area contributed by atoms with E-state index in [1.807, 2.05) is 0 Å². The molecule has 1 aromatic carbocycles.